The number of rotatable bonds is 7. The predicted molar refractivity (Wildman–Crippen MR) is 70.3 cm³/mol. The Kier molecular flexibility index (Phi) is 6.30. The third-order valence-corrected chi connectivity index (χ3v) is 2.86. The number of anilines is 1. The molecular weight excluding hydrogens is 241 g/mol. The zero-order valence-electron chi connectivity index (χ0n) is 10.4. The molecule has 4 heteroatoms. The fourth-order valence-electron chi connectivity index (χ4n) is 1.68. The largest absolute Gasteiger partial charge is 0.380 e. The molecule has 0 saturated carbocycles. The summed E-state index contributed by atoms with van der Waals surface area (Å²) in [5.41, 5.74) is 1.67. The zero-order valence-corrected chi connectivity index (χ0v) is 11.1. The Labute approximate surface area is 107 Å². The van der Waals surface area contributed by atoms with Crippen molar-refractivity contribution in [2.45, 2.75) is 19.7 Å². The van der Waals surface area contributed by atoms with E-state index in [0.717, 1.165) is 24.3 Å². The molecule has 0 radical (unpaired) electrons. The summed E-state index contributed by atoms with van der Waals surface area (Å²) in [5.74, 6) is 0.0846. The number of alkyl halides is 1. The van der Waals surface area contributed by atoms with Gasteiger partial charge in [0.15, 0.2) is 0 Å². The highest BCUT2D eigenvalue weighted by atomic mass is 35.5. The van der Waals surface area contributed by atoms with E-state index in [2.05, 4.69) is 4.90 Å². The fraction of sp³-hybridized carbons (Fsp3) is 0.538. The first kappa shape index (κ1) is 14.3. The van der Waals surface area contributed by atoms with Gasteiger partial charge in [0, 0.05) is 31.3 Å². The van der Waals surface area contributed by atoms with Gasteiger partial charge < -0.3 is 9.64 Å². The molecule has 0 aliphatic carbocycles. The van der Waals surface area contributed by atoms with E-state index in [4.69, 9.17) is 16.3 Å². The second-order valence-electron chi connectivity index (χ2n) is 3.73. The Morgan fingerprint density at radius 1 is 1.29 bits per heavy atom. The van der Waals surface area contributed by atoms with Crippen LogP contribution in [-0.2, 0) is 10.6 Å². The van der Waals surface area contributed by atoms with Crippen molar-refractivity contribution < 1.29 is 9.13 Å². The molecule has 0 aliphatic heterocycles. The van der Waals surface area contributed by atoms with Crippen molar-refractivity contribution in [3.05, 3.63) is 29.6 Å². The van der Waals surface area contributed by atoms with Crippen molar-refractivity contribution in [1.82, 2.24) is 0 Å². The monoisotopic (exact) mass is 259 g/mol. The van der Waals surface area contributed by atoms with Crippen molar-refractivity contribution >= 4 is 17.3 Å². The summed E-state index contributed by atoms with van der Waals surface area (Å²) in [6.07, 6.45) is 0. The molecule has 0 fully saturated rings. The molecule has 0 spiro atoms. The second-order valence-corrected chi connectivity index (χ2v) is 4.00. The number of likely N-dealkylation sites (N-methyl/N-ethyl adjacent to an activating group) is 1. The van der Waals surface area contributed by atoms with Crippen molar-refractivity contribution in [1.29, 1.82) is 0 Å². The van der Waals surface area contributed by atoms with Crippen LogP contribution in [0, 0.1) is 5.82 Å². The first-order valence-electron chi connectivity index (χ1n) is 5.89. The van der Waals surface area contributed by atoms with Crippen molar-refractivity contribution in [2.24, 2.45) is 0 Å². The summed E-state index contributed by atoms with van der Waals surface area (Å²) < 4.78 is 18.7. The number of hydrogen-bond donors (Lipinski definition) is 0. The summed E-state index contributed by atoms with van der Waals surface area (Å²) in [4.78, 5) is 2.08. The molecule has 2 nitrogen and oxygen atoms in total. The highest BCUT2D eigenvalue weighted by Gasteiger charge is 2.07. The van der Waals surface area contributed by atoms with E-state index in [1.807, 2.05) is 19.9 Å². The van der Waals surface area contributed by atoms with E-state index in [1.54, 1.807) is 0 Å². The molecule has 17 heavy (non-hydrogen) atoms. The average Bonchev–Trinajstić information content (AvgIpc) is 2.34. The molecule has 1 rings (SSSR count). The van der Waals surface area contributed by atoms with Crippen molar-refractivity contribution in [3.8, 4) is 0 Å². The Bertz CT molecular complexity index is 346. The summed E-state index contributed by atoms with van der Waals surface area (Å²) in [6.45, 7) is 6.93. The van der Waals surface area contributed by atoms with E-state index >= 15 is 0 Å². The number of halogens is 2. The molecule has 0 N–H and O–H groups in total. The first-order valence-corrected chi connectivity index (χ1v) is 6.42. The summed E-state index contributed by atoms with van der Waals surface area (Å²) in [5, 5.41) is 0. The number of ether oxygens (including phenoxy) is 1. The van der Waals surface area contributed by atoms with Gasteiger partial charge in [-0.15, -0.1) is 11.6 Å². The molecule has 0 amide bonds. The summed E-state index contributed by atoms with van der Waals surface area (Å²) in [7, 11) is 0. The van der Waals surface area contributed by atoms with Crippen molar-refractivity contribution in [2.75, 3.05) is 31.2 Å². The van der Waals surface area contributed by atoms with Gasteiger partial charge in [0.1, 0.15) is 5.82 Å². The van der Waals surface area contributed by atoms with Gasteiger partial charge in [0.25, 0.3) is 0 Å². The molecule has 96 valence electrons. The van der Waals surface area contributed by atoms with Gasteiger partial charge in [-0.3, -0.25) is 0 Å². The maximum absolute atomic E-state index is 13.4. The first-order chi connectivity index (χ1) is 8.21. The molecule has 0 atom stereocenters. The molecular formula is C13H19ClFNO. The van der Waals surface area contributed by atoms with Crippen LogP contribution in [0.1, 0.15) is 19.4 Å². The Balaban J connectivity index is 2.76. The lowest BCUT2D eigenvalue weighted by molar-refractivity contribution is 0.154. The lowest BCUT2D eigenvalue weighted by atomic mass is 10.2. The Morgan fingerprint density at radius 2 is 2.06 bits per heavy atom. The summed E-state index contributed by atoms with van der Waals surface area (Å²) >= 11 is 5.74. The van der Waals surface area contributed by atoms with Crippen LogP contribution >= 0.6 is 11.6 Å². The van der Waals surface area contributed by atoms with Crippen LogP contribution in [0.3, 0.4) is 0 Å². The number of hydrogen-bond acceptors (Lipinski definition) is 2. The molecule has 0 heterocycles. The van der Waals surface area contributed by atoms with E-state index < -0.39 is 0 Å². The standard InChI is InChI=1S/C13H19ClFNO/c1-3-16(5-6-17-4-2)13-8-11(10-14)7-12(15)9-13/h7-9H,3-6,10H2,1-2H3. The molecule has 1 aromatic carbocycles. The van der Waals surface area contributed by atoms with E-state index in [1.165, 1.54) is 12.1 Å². The van der Waals surface area contributed by atoms with Crippen LogP contribution in [0.15, 0.2) is 18.2 Å². The molecule has 0 saturated heterocycles. The molecule has 0 aromatic heterocycles. The van der Waals surface area contributed by atoms with Crippen LogP contribution < -0.4 is 4.90 Å². The molecule has 0 aliphatic rings. The molecule has 1 aromatic rings. The van der Waals surface area contributed by atoms with Gasteiger partial charge >= 0.3 is 0 Å². The molecule has 0 unspecified atom stereocenters. The van der Waals surface area contributed by atoms with Gasteiger partial charge in [-0.1, -0.05) is 0 Å². The maximum Gasteiger partial charge on any atom is 0.125 e. The number of nitrogens with zero attached hydrogens (tertiary/aromatic N) is 1. The van der Waals surface area contributed by atoms with Gasteiger partial charge in [0.05, 0.1) is 6.61 Å². The minimum atomic E-state index is -0.243. The third kappa shape index (κ3) is 4.52. The van der Waals surface area contributed by atoms with Crippen LogP contribution in [-0.4, -0.2) is 26.3 Å². The lowest BCUT2D eigenvalue weighted by Crippen LogP contribution is -2.27. The minimum absolute atomic E-state index is 0.243. The smallest absolute Gasteiger partial charge is 0.125 e. The Hall–Kier alpha value is -0.800. The van der Waals surface area contributed by atoms with Gasteiger partial charge in [0.2, 0.25) is 0 Å². The fourth-order valence-corrected chi connectivity index (χ4v) is 1.84. The van der Waals surface area contributed by atoms with E-state index in [-0.39, 0.29) is 5.82 Å². The molecule has 0 bridgehead atoms. The lowest BCUT2D eigenvalue weighted by Gasteiger charge is -2.23. The van der Waals surface area contributed by atoms with Crippen molar-refractivity contribution in [3.63, 3.8) is 0 Å². The van der Waals surface area contributed by atoms with Crippen LogP contribution in [0.5, 0.6) is 0 Å². The van der Waals surface area contributed by atoms with Gasteiger partial charge in [-0.2, -0.15) is 0 Å². The quantitative estimate of drug-likeness (QED) is 0.550. The summed E-state index contributed by atoms with van der Waals surface area (Å²) in [6, 6.07) is 4.92. The highest BCUT2D eigenvalue weighted by Crippen LogP contribution is 2.19. The van der Waals surface area contributed by atoms with E-state index in [0.29, 0.717) is 19.1 Å². The Morgan fingerprint density at radius 3 is 2.65 bits per heavy atom. The zero-order chi connectivity index (χ0) is 12.7. The normalized spacial score (nSPS) is 10.6. The van der Waals surface area contributed by atoms with E-state index in [9.17, 15) is 4.39 Å². The second kappa shape index (κ2) is 7.51. The van der Waals surface area contributed by atoms with Crippen LogP contribution in [0.25, 0.3) is 0 Å². The predicted octanol–water partition coefficient (Wildman–Crippen LogP) is 3.43. The minimum Gasteiger partial charge on any atom is -0.380 e. The topological polar surface area (TPSA) is 12.5 Å². The highest BCUT2D eigenvalue weighted by molar-refractivity contribution is 6.17. The maximum atomic E-state index is 13.4. The number of benzene rings is 1. The SMILES string of the molecule is CCOCCN(CC)c1cc(F)cc(CCl)c1. The van der Waals surface area contributed by atoms with Crippen LogP contribution in [0.2, 0.25) is 0 Å². The third-order valence-electron chi connectivity index (χ3n) is 2.55. The average molecular weight is 260 g/mol. The van der Waals surface area contributed by atoms with Gasteiger partial charge in [-0.05, 0) is 37.6 Å². The van der Waals surface area contributed by atoms with Crippen LogP contribution in [0.4, 0.5) is 10.1 Å². The van der Waals surface area contributed by atoms with Gasteiger partial charge in [-0.25, -0.2) is 4.39 Å².